The maximum Gasteiger partial charge on any atom is 0.363 e. The quantitative estimate of drug-likeness (QED) is 0.446. The molecule has 1 aliphatic heterocycles. The Balaban J connectivity index is 1.97. The first-order valence-corrected chi connectivity index (χ1v) is 8.12. The molecule has 5 nitrogen and oxygen atoms in total. The summed E-state index contributed by atoms with van der Waals surface area (Å²) < 4.78 is 29.6. The van der Waals surface area contributed by atoms with Crippen LogP contribution in [0.5, 0.6) is 11.5 Å². The van der Waals surface area contributed by atoms with Crippen molar-refractivity contribution in [3.05, 3.63) is 64.1 Å². The molecule has 0 unspecified atom stereocenters. The van der Waals surface area contributed by atoms with E-state index in [-0.39, 0.29) is 28.8 Å². The minimum atomic E-state index is -0.698. The molecule has 136 valence electrons. The number of esters is 1. The molecule has 0 bridgehead atoms. The Kier molecular flexibility index (Phi) is 5.43. The number of terminal acetylenes is 1. The molecule has 0 N–H and O–H groups in total. The van der Waals surface area contributed by atoms with Crippen LogP contribution in [0, 0.1) is 18.2 Å². The maximum atomic E-state index is 13.9. The fourth-order valence-corrected chi connectivity index (χ4v) is 2.67. The largest absolute Gasteiger partial charge is 0.493 e. The highest BCUT2D eigenvalue weighted by molar-refractivity contribution is 6.32. The van der Waals surface area contributed by atoms with E-state index in [1.807, 2.05) is 0 Å². The standard InChI is InChI=1S/C20H13ClFNO4/c1-3-8-26-18-14(21)9-12(11-17(18)25-2)10-16-20(24)27-19(23-16)13-6-4-5-7-15(13)22/h1,4-7,9-11H,8H2,2H3/b16-10+. The van der Waals surface area contributed by atoms with Gasteiger partial charge in [0, 0.05) is 0 Å². The number of aliphatic imine (C=N–C) groups is 1. The highest BCUT2D eigenvalue weighted by Crippen LogP contribution is 2.37. The average Bonchev–Trinajstić information content (AvgIpc) is 3.01. The van der Waals surface area contributed by atoms with Gasteiger partial charge in [-0.25, -0.2) is 14.2 Å². The summed E-state index contributed by atoms with van der Waals surface area (Å²) in [6, 6.07) is 9.05. The van der Waals surface area contributed by atoms with Gasteiger partial charge in [-0.2, -0.15) is 0 Å². The van der Waals surface area contributed by atoms with E-state index >= 15 is 0 Å². The highest BCUT2D eigenvalue weighted by atomic mass is 35.5. The molecule has 1 heterocycles. The highest BCUT2D eigenvalue weighted by Gasteiger charge is 2.26. The van der Waals surface area contributed by atoms with Gasteiger partial charge in [-0.1, -0.05) is 29.7 Å². The molecule has 0 aromatic heterocycles. The normalized spacial score (nSPS) is 14.5. The zero-order chi connectivity index (χ0) is 19.4. The number of carbonyl (C=O) groups is 1. The van der Waals surface area contributed by atoms with Crippen molar-refractivity contribution in [2.45, 2.75) is 0 Å². The Morgan fingerprint density at radius 1 is 1.37 bits per heavy atom. The molecule has 0 spiro atoms. The summed E-state index contributed by atoms with van der Waals surface area (Å²) in [6.45, 7) is 0.0269. The Hall–Kier alpha value is -3.30. The van der Waals surface area contributed by atoms with E-state index in [1.54, 1.807) is 18.2 Å². The third kappa shape index (κ3) is 3.94. The van der Waals surface area contributed by atoms with E-state index < -0.39 is 11.8 Å². The lowest BCUT2D eigenvalue weighted by atomic mass is 10.1. The monoisotopic (exact) mass is 385 g/mol. The van der Waals surface area contributed by atoms with Crippen LogP contribution < -0.4 is 9.47 Å². The van der Waals surface area contributed by atoms with Crippen LogP contribution in [0.3, 0.4) is 0 Å². The van der Waals surface area contributed by atoms with Crippen molar-refractivity contribution in [3.8, 4) is 23.8 Å². The topological polar surface area (TPSA) is 57.1 Å². The third-order valence-electron chi connectivity index (χ3n) is 3.58. The van der Waals surface area contributed by atoms with Gasteiger partial charge in [0.25, 0.3) is 0 Å². The molecule has 3 rings (SSSR count). The van der Waals surface area contributed by atoms with Crippen LogP contribution in [0.2, 0.25) is 5.02 Å². The van der Waals surface area contributed by atoms with Crippen molar-refractivity contribution in [2.24, 2.45) is 4.99 Å². The SMILES string of the molecule is C#CCOc1c(Cl)cc(/C=C2/N=C(c3ccccc3F)OC2=O)cc1OC. The molecule has 0 saturated heterocycles. The summed E-state index contributed by atoms with van der Waals surface area (Å²) >= 11 is 6.21. The van der Waals surface area contributed by atoms with Crippen molar-refractivity contribution < 1.29 is 23.4 Å². The lowest BCUT2D eigenvalue weighted by Crippen LogP contribution is -2.07. The van der Waals surface area contributed by atoms with Crippen molar-refractivity contribution in [3.63, 3.8) is 0 Å². The van der Waals surface area contributed by atoms with Crippen LogP contribution in [0.25, 0.3) is 6.08 Å². The number of cyclic esters (lactones) is 1. The van der Waals surface area contributed by atoms with Gasteiger partial charge in [0.2, 0.25) is 5.90 Å². The number of nitrogens with zero attached hydrogens (tertiary/aromatic N) is 1. The number of hydrogen-bond donors (Lipinski definition) is 0. The molecule has 0 atom stereocenters. The summed E-state index contributed by atoms with van der Waals surface area (Å²) in [5.74, 6) is 1.64. The fourth-order valence-electron chi connectivity index (χ4n) is 2.39. The van der Waals surface area contributed by atoms with E-state index in [9.17, 15) is 9.18 Å². The van der Waals surface area contributed by atoms with E-state index in [2.05, 4.69) is 10.9 Å². The molecule has 0 aliphatic carbocycles. The lowest BCUT2D eigenvalue weighted by molar-refractivity contribution is -0.129. The first-order valence-electron chi connectivity index (χ1n) is 7.74. The predicted molar refractivity (Wildman–Crippen MR) is 99.3 cm³/mol. The minimum Gasteiger partial charge on any atom is -0.493 e. The molecule has 0 saturated carbocycles. The molecular weight excluding hydrogens is 373 g/mol. The van der Waals surface area contributed by atoms with E-state index in [0.717, 1.165) is 0 Å². The number of methoxy groups -OCH3 is 1. The van der Waals surface area contributed by atoms with Crippen LogP contribution in [0.1, 0.15) is 11.1 Å². The van der Waals surface area contributed by atoms with Crippen LogP contribution in [0.4, 0.5) is 4.39 Å². The van der Waals surface area contributed by atoms with E-state index in [0.29, 0.717) is 17.1 Å². The van der Waals surface area contributed by atoms with Crippen LogP contribution >= 0.6 is 11.6 Å². The summed E-state index contributed by atoms with van der Waals surface area (Å²) in [4.78, 5) is 16.2. The van der Waals surface area contributed by atoms with Gasteiger partial charge in [0.05, 0.1) is 17.7 Å². The van der Waals surface area contributed by atoms with Gasteiger partial charge in [0.15, 0.2) is 17.2 Å². The third-order valence-corrected chi connectivity index (χ3v) is 3.86. The molecular formula is C20H13ClFNO4. The van der Waals surface area contributed by atoms with Gasteiger partial charge < -0.3 is 14.2 Å². The summed E-state index contributed by atoms with van der Waals surface area (Å²) in [7, 11) is 1.45. The van der Waals surface area contributed by atoms with Crippen LogP contribution in [-0.2, 0) is 9.53 Å². The van der Waals surface area contributed by atoms with Gasteiger partial charge in [-0.15, -0.1) is 6.42 Å². The molecule has 1 aliphatic rings. The molecule has 2 aromatic carbocycles. The second kappa shape index (κ2) is 7.94. The number of ether oxygens (including phenoxy) is 3. The van der Waals surface area contributed by atoms with Gasteiger partial charge >= 0.3 is 5.97 Å². The van der Waals surface area contributed by atoms with Crippen molar-refractivity contribution in [1.29, 1.82) is 0 Å². The number of rotatable bonds is 5. The summed E-state index contributed by atoms with van der Waals surface area (Å²) in [5, 5.41) is 0.251. The molecule has 27 heavy (non-hydrogen) atoms. The first kappa shape index (κ1) is 18.5. The first-order chi connectivity index (χ1) is 13.0. The van der Waals surface area contributed by atoms with E-state index in [4.69, 9.17) is 32.2 Å². The van der Waals surface area contributed by atoms with Gasteiger partial charge in [0.1, 0.15) is 12.4 Å². The molecule has 7 heteroatoms. The van der Waals surface area contributed by atoms with Crippen LogP contribution in [0.15, 0.2) is 47.1 Å². The number of halogens is 2. The Morgan fingerprint density at radius 3 is 2.85 bits per heavy atom. The predicted octanol–water partition coefficient (Wildman–Crippen LogP) is 3.84. The summed E-state index contributed by atoms with van der Waals surface area (Å²) in [6.07, 6.45) is 6.64. The Labute approximate surface area is 160 Å². The lowest BCUT2D eigenvalue weighted by Gasteiger charge is -2.11. The maximum absolute atomic E-state index is 13.9. The second-order valence-corrected chi connectivity index (χ2v) is 5.75. The minimum absolute atomic E-state index is 0.00339. The Bertz CT molecular complexity index is 1010. The van der Waals surface area contributed by atoms with Gasteiger partial charge in [-0.05, 0) is 35.9 Å². The van der Waals surface area contributed by atoms with Crippen molar-refractivity contribution >= 4 is 29.5 Å². The summed E-state index contributed by atoms with van der Waals surface area (Å²) in [5.41, 5.74) is 0.627. The smallest absolute Gasteiger partial charge is 0.363 e. The molecule has 0 amide bonds. The van der Waals surface area contributed by atoms with Crippen molar-refractivity contribution in [2.75, 3.05) is 13.7 Å². The van der Waals surface area contributed by atoms with E-state index in [1.165, 1.54) is 31.4 Å². The number of benzene rings is 2. The Morgan fingerprint density at radius 2 is 2.15 bits per heavy atom. The zero-order valence-corrected chi connectivity index (χ0v) is 14.9. The fraction of sp³-hybridized carbons (Fsp3) is 0.100. The average molecular weight is 386 g/mol. The molecule has 2 aromatic rings. The van der Waals surface area contributed by atoms with Crippen molar-refractivity contribution in [1.82, 2.24) is 0 Å². The zero-order valence-electron chi connectivity index (χ0n) is 14.2. The molecule has 0 radical (unpaired) electrons. The molecule has 0 fully saturated rings. The number of carbonyl (C=O) groups excluding carboxylic acids is 1. The van der Waals surface area contributed by atoms with Gasteiger partial charge in [-0.3, -0.25) is 0 Å². The number of hydrogen-bond acceptors (Lipinski definition) is 5. The van der Waals surface area contributed by atoms with Crippen LogP contribution in [-0.4, -0.2) is 25.6 Å². The second-order valence-electron chi connectivity index (χ2n) is 5.34.